The Morgan fingerprint density at radius 3 is 3.16 bits per heavy atom. The first-order valence-electron chi connectivity index (χ1n) is 9.22. The Labute approximate surface area is 153 Å². The summed E-state index contributed by atoms with van der Waals surface area (Å²) in [5.41, 5.74) is 1.12. The van der Waals surface area contributed by atoms with E-state index < -0.39 is 0 Å². The van der Waals surface area contributed by atoms with E-state index in [2.05, 4.69) is 31.8 Å². The van der Waals surface area contributed by atoms with Crippen molar-refractivity contribution in [3.63, 3.8) is 0 Å². The number of aromatic nitrogens is 2. The van der Waals surface area contributed by atoms with Crippen molar-refractivity contribution in [2.45, 2.75) is 45.1 Å². The smallest absolute Gasteiger partial charge is 0.228 e. The average Bonchev–Trinajstić information content (AvgIpc) is 3.29. The highest BCUT2D eigenvalue weighted by atomic mass is 32.2. The van der Waals surface area contributed by atoms with E-state index in [4.69, 9.17) is 0 Å². The zero-order valence-electron chi connectivity index (χ0n) is 14.7. The van der Waals surface area contributed by atoms with E-state index in [-0.39, 0.29) is 5.91 Å². The van der Waals surface area contributed by atoms with Crippen molar-refractivity contribution >= 4 is 22.8 Å². The monoisotopic (exact) mass is 359 g/mol. The zero-order valence-corrected chi connectivity index (χ0v) is 15.5. The minimum absolute atomic E-state index is 0.234. The number of fused-ring (bicyclic) bond motifs is 1. The fourth-order valence-corrected chi connectivity index (χ4v) is 4.86. The summed E-state index contributed by atoms with van der Waals surface area (Å²) in [7, 11) is 0. The Balaban J connectivity index is 1.41. The standard InChI is InChI=1S/C18H25N5OS/c1-2-21-10-7-19-17(21)14-5-3-8-22(12-14)16(24)11-15-13-25-18-20-6-4-9-23(15)18/h7,10,13-14H,2-6,8-9,11-12H2,1H3/t14-/m0/s1. The number of carbonyl (C=O) groups is 1. The van der Waals surface area contributed by atoms with Crippen LogP contribution in [0.25, 0.3) is 0 Å². The molecule has 0 aromatic carbocycles. The van der Waals surface area contributed by atoms with Gasteiger partial charge in [0.15, 0.2) is 5.17 Å². The van der Waals surface area contributed by atoms with Gasteiger partial charge >= 0.3 is 0 Å². The lowest BCUT2D eigenvalue weighted by atomic mass is 9.96. The second-order valence-electron chi connectivity index (χ2n) is 6.82. The molecule has 1 aromatic heterocycles. The van der Waals surface area contributed by atoms with Gasteiger partial charge in [0.2, 0.25) is 5.91 Å². The summed E-state index contributed by atoms with van der Waals surface area (Å²) in [6, 6.07) is 0. The maximum absolute atomic E-state index is 12.9. The number of carbonyl (C=O) groups excluding carboxylic acids is 1. The summed E-state index contributed by atoms with van der Waals surface area (Å²) < 4.78 is 2.20. The summed E-state index contributed by atoms with van der Waals surface area (Å²) in [6.45, 7) is 6.62. The molecule has 0 N–H and O–H groups in total. The molecule has 1 amide bonds. The molecule has 134 valence electrons. The number of aliphatic imine (C=N–C) groups is 1. The van der Waals surface area contributed by atoms with Crippen molar-refractivity contribution in [3.8, 4) is 0 Å². The molecule has 6 nitrogen and oxygen atoms in total. The second kappa shape index (κ2) is 7.23. The number of piperidine rings is 1. The van der Waals surface area contributed by atoms with Crippen LogP contribution in [0.3, 0.4) is 0 Å². The average molecular weight is 359 g/mol. The lowest BCUT2D eigenvalue weighted by Gasteiger charge is -2.33. The third-order valence-electron chi connectivity index (χ3n) is 5.22. The highest BCUT2D eigenvalue weighted by Gasteiger charge is 2.31. The van der Waals surface area contributed by atoms with Gasteiger partial charge in [-0.1, -0.05) is 11.8 Å². The van der Waals surface area contributed by atoms with Crippen molar-refractivity contribution in [1.82, 2.24) is 19.4 Å². The van der Waals surface area contributed by atoms with Gasteiger partial charge in [-0.15, -0.1) is 0 Å². The largest absolute Gasteiger partial charge is 0.342 e. The Morgan fingerprint density at radius 2 is 2.28 bits per heavy atom. The highest BCUT2D eigenvalue weighted by Crippen LogP contribution is 2.32. The van der Waals surface area contributed by atoms with Crippen molar-refractivity contribution in [2.75, 3.05) is 26.2 Å². The number of amidine groups is 1. The first-order chi connectivity index (χ1) is 12.3. The number of rotatable bonds is 4. The molecule has 3 aliphatic rings. The number of likely N-dealkylation sites (tertiary alicyclic amines) is 1. The predicted octanol–water partition coefficient (Wildman–Crippen LogP) is 2.65. The summed E-state index contributed by atoms with van der Waals surface area (Å²) in [5.74, 6) is 1.71. The predicted molar refractivity (Wildman–Crippen MR) is 100 cm³/mol. The van der Waals surface area contributed by atoms with Gasteiger partial charge in [0.05, 0.1) is 6.42 Å². The van der Waals surface area contributed by atoms with Gasteiger partial charge in [0.1, 0.15) is 5.82 Å². The summed E-state index contributed by atoms with van der Waals surface area (Å²) in [4.78, 5) is 26.2. The molecular formula is C18H25N5OS. The van der Waals surface area contributed by atoms with Crippen molar-refractivity contribution in [3.05, 3.63) is 29.3 Å². The van der Waals surface area contributed by atoms with Crippen LogP contribution in [0.1, 0.15) is 44.3 Å². The van der Waals surface area contributed by atoms with E-state index in [9.17, 15) is 4.79 Å². The Morgan fingerprint density at radius 1 is 1.36 bits per heavy atom. The molecule has 1 atom stereocenters. The van der Waals surface area contributed by atoms with Crippen LogP contribution in [0.5, 0.6) is 0 Å². The molecule has 0 aliphatic carbocycles. The third-order valence-corrected chi connectivity index (χ3v) is 6.18. The Kier molecular flexibility index (Phi) is 4.83. The van der Waals surface area contributed by atoms with Crippen LogP contribution in [0.2, 0.25) is 0 Å². The van der Waals surface area contributed by atoms with Gasteiger partial charge in [-0.3, -0.25) is 9.79 Å². The van der Waals surface area contributed by atoms with Crippen LogP contribution in [0.4, 0.5) is 0 Å². The molecular weight excluding hydrogens is 334 g/mol. The normalized spacial score (nSPS) is 23.3. The van der Waals surface area contributed by atoms with E-state index in [0.29, 0.717) is 12.3 Å². The maximum atomic E-state index is 12.9. The molecule has 1 fully saturated rings. The number of imidazole rings is 1. The molecule has 0 spiro atoms. The van der Waals surface area contributed by atoms with E-state index in [1.54, 1.807) is 11.8 Å². The van der Waals surface area contributed by atoms with Gasteiger partial charge in [-0.2, -0.15) is 0 Å². The van der Waals surface area contributed by atoms with Crippen LogP contribution >= 0.6 is 11.8 Å². The fourth-order valence-electron chi connectivity index (χ4n) is 3.90. The first kappa shape index (κ1) is 16.7. The van der Waals surface area contributed by atoms with Gasteiger partial charge in [0.25, 0.3) is 0 Å². The Bertz CT molecular complexity index is 710. The van der Waals surface area contributed by atoms with E-state index >= 15 is 0 Å². The van der Waals surface area contributed by atoms with Gasteiger partial charge in [0, 0.05) is 56.7 Å². The number of amides is 1. The van der Waals surface area contributed by atoms with Gasteiger partial charge in [-0.25, -0.2) is 4.98 Å². The van der Waals surface area contributed by atoms with Crippen molar-refractivity contribution < 1.29 is 4.79 Å². The molecule has 4 rings (SSSR count). The van der Waals surface area contributed by atoms with Crippen LogP contribution in [0.15, 0.2) is 28.5 Å². The van der Waals surface area contributed by atoms with E-state index in [1.807, 2.05) is 17.3 Å². The summed E-state index contributed by atoms with van der Waals surface area (Å²) in [5, 5.41) is 3.17. The molecule has 0 unspecified atom stereocenters. The number of aryl methyl sites for hydroxylation is 1. The molecule has 7 heteroatoms. The second-order valence-corrected chi connectivity index (χ2v) is 7.66. The number of hydrogen-bond donors (Lipinski definition) is 0. The van der Waals surface area contributed by atoms with Crippen molar-refractivity contribution in [2.24, 2.45) is 4.99 Å². The van der Waals surface area contributed by atoms with E-state index in [1.165, 1.54) is 0 Å². The Hall–Kier alpha value is -1.76. The van der Waals surface area contributed by atoms with Crippen LogP contribution < -0.4 is 0 Å². The highest BCUT2D eigenvalue weighted by molar-refractivity contribution is 8.16. The van der Waals surface area contributed by atoms with Crippen LogP contribution in [-0.4, -0.2) is 56.6 Å². The van der Waals surface area contributed by atoms with Gasteiger partial charge < -0.3 is 14.4 Å². The maximum Gasteiger partial charge on any atom is 0.228 e. The summed E-state index contributed by atoms with van der Waals surface area (Å²) in [6.07, 6.45) is 7.63. The van der Waals surface area contributed by atoms with Crippen LogP contribution in [0, 0.1) is 0 Å². The number of nitrogens with zero attached hydrogens (tertiary/aromatic N) is 5. The molecule has 4 heterocycles. The molecule has 0 saturated carbocycles. The molecule has 0 bridgehead atoms. The molecule has 1 aromatic rings. The third kappa shape index (κ3) is 3.34. The lowest BCUT2D eigenvalue weighted by molar-refractivity contribution is -0.131. The van der Waals surface area contributed by atoms with Crippen LogP contribution in [-0.2, 0) is 11.3 Å². The number of thioether (sulfide) groups is 1. The lowest BCUT2D eigenvalue weighted by Crippen LogP contribution is -2.41. The number of hydrogen-bond acceptors (Lipinski definition) is 5. The fraction of sp³-hybridized carbons (Fsp3) is 0.611. The molecule has 0 radical (unpaired) electrons. The SMILES string of the molecule is CCn1ccnc1[C@H]1CCCN(C(=O)CC2=CSC3=NCCCN23)C1. The minimum atomic E-state index is 0.234. The first-order valence-corrected chi connectivity index (χ1v) is 10.1. The molecule has 3 aliphatic heterocycles. The molecule has 1 saturated heterocycles. The topological polar surface area (TPSA) is 53.7 Å². The van der Waals surface area contributed by atoms with Crippen molar-refractivity contribution in [1.29, 1.82) is 0 Å². The summed E-state index contributed by atoms with van der Waals surface area (Å²) >= 11 is 1.66. The minimum Gasteiger partial charge on any atom is -0.342 e. The quantitative estimate of drug-likeness (QED) is 0.829. The van der Waals surface area contributed by atoms with E-state index in [0.717, 1.165) is 68.7 Å². The van der Waals surface area contributed by atoms with Gasteiger partial charge in [-0.05, 0) is 31.6 Å². The zero-order chi connectivity index (χ0) is 17.2. The molecule has 25 heavy (non-hydrogen) atoms.